The fourth-order valence-electron chi connectivity index (χ4n) is 11.6. The molecule has 2 unspecified atom stereocenters. The van der Waals surface area contributed by atoms with Crippen molar-refractivity contribution in [3.63, 3.8) is 0 Å². The standard InChI is InChI=1S/C30H45NO9/c1-8-31-13-28(14-35-5)21(38-15(2)32)9-10-29-19-11-18-22(19)30(40-17(4)34,12-20(36-6)24(18)39-16(3)33)23(27(29)31)25(37-7)26(28)29/h18-27H,8-14H2,1-7H3/t18?,19-,20-,21?,22+,23+,24-,25+,26-,27-,28+,29-,30-/m1/s1. The van der Waals surface area contributed by atoms with Crippen molar-refractivity contribution in [1.29, 1.82) is 0 Å². The Balaban J connectivity index is 1.57. The first-order valence-corrected chi connectivity index (χ1v) is 14.9. The van der Waals surface area contributed by atoms with Crippen LogP contribution in [0.4, 0.5) is 0 Å². The molecular formula is C30H45NO9. The van der Waals surface area contributed by atoms with E-state index >= 15 is 0 Å². The van der Waals surface area contributed by atoms with Crippen LogP contribution in [0, 0.1) is 40.4 Å². The maximum absolute atomic E-state index is 12.9. The fourth-order valence-corrected chi connectivity index (χ4v) is 11.6. The second-order valence-electron chi connectivity index (χ2n) is 13.3. The summed E-state index contributed by atoms with van der Waals surface area (Å²) in [5, 5.41) is 0. The number of esters is 3. The van der Waals surface area contributed by atoms with Gasteiger partial charge in [0.25, 0.3) is 0 Å². The van der Waals surface area contributed by atoms with Crippen molar-refractivity contribution >= 4 is 17.9 Å². The molecule has 1 saturated heterocycles. The maximum atomic E-state index is 12.9. The summed E-state index contributed by atoms with van der Waals surface area (Å²) in [4.78, 5) is 40.1. The largest absolute Gasteiger partial charge is 0.462 e. The number of piperidine rings is 1. The highest BCUT2D eigenvalue weighted by atomic mass is 16.6. The summed E-state index contributed by atoms with van der Waals surface area (Å²) < 4.78 is 37.1. The molecule has 10 heteroatoms. The lowest BCUT2D eigenvalue weighted by molar-refractivity contribution is -0.327. The van der Waals surface area contributed by atoms with E-state index in [2.05, 4.69) is 11.8 Å². The van der Waals surface area contributed by atoms with Crippen LogP contribution in [-0.4, -0.2) is 99.9 Å². The van der Waals surface area contributed by atoms with E-state index in [1.807, 2.05) is 0 Å². The number of ether oxygens (including phenoxy) is 6. The van der Waals surface area contributed by atoms with Crippen molar-refractivity contribution in [1.82, 2.24) is 4.90 Å². The molecule has 0 N–H and O–H groups in total. The quantitative estimate of drug-likeness (QED) is 0.322. The SMILES string of the molecule is CCN1C[C@]2(COC)C(OC(C)=O)CC[C@@]34[C@@H]5CC6[C@@H](OC(C)=O)[C@H](OC)C[C@](OC(C)=O)([C@@H]([C@H](OC)[C@H]23)[C@@H]14)[C@@H]65. The van der Waals surface area contributed by atoms with E-state index in [0.29, 0.717) is 13.0 Å². The van der Waals surface area contributed by atoms with Crippen LogP contribution in [0.2, 0.25) is 0 Å². The average molecular weight is 564 g/mol. The van der Waals surface area contributed by atoms with Crippen molar-refractivity contribution in [3.05, 3.63) is 0 Å². The molecule has 5 bridgehead atoms. The topological polar surface area (TPSA) is 110 Å². The average Bonchev–Trinajstić information content (AvgIpc) is 3.04. The smallest absolute Gasteiger partial charge is 0.303 e. The summed E-state index contributed by atoms with van der Waals surface area (Å²) in [6.07, 6.45) is 1.66. The second-order valence-corrected chi connectivity index (χ2v) is 13.3. The van der Waals surface area contributed by atoms with E-state index in [-0.39, 0.29) is 77.3 Å². The number of hydrogen-bond donors (Lipinski definition) is 0. The normalized spacial score (nSPS) is 49.9. The molecule has 224 valence electrons. The minimum Gasteiger partial charge on any atom is -0.462 e. The second kappa shape index (κ2) is 9.64. The molecule has 40 heavy (non-hydrogen) atoms. The zero-order valence-electron chi connectivity index (χ0n) is 24.8. The number of hydrogen-bond acceptors (Lipinski definition) is 10. The number of carbonyl (C=O) groups is 3. The molecule has 5 aliphatic carbocycles. The molecule has 1 aliphatic heterocycles. The Labute approximate surface area is 236 Å². The summed E-state index contributed by atoms with van der Waals surface area (Å²) >= 11 is 0. The van der Waals surface area contributed by atoms with Gasteiger partial charge < -0.3 is 28.4 Å². The first-order chi connectivity index (χ1) is 19.1. The minimum atomic E-state index is -0.821. The van der Waals surface area contributed by atoms with Gasteiger partial charge in [-0.05, 0) is 37.1 Å². The third kappa shape index (κ3) is 3.39. The number of rotatable bonds is 8. The van der Waals surface area contributed by atoms with Gasteiger partial charge in [0.05, 0.1) is 18.8 Å². The molecule has 6 aliphatic rings. The van der Waals surface area contributed by atoms with Crippen molar-refractivity contribution in [3.8, 4) is 0 Å². The van der Waals surface area contributed by atoms with Crippen molar-refractivity contribution in [2.24, 2.45) is 40.4 Å². The number of fused-ring (bicyclic) bond motifs is 1. The maximum Gasteiger partial charge on any atom is 0.303 e. The van der Waals surface area contributed by atoms with Gasteiger partial charge in [0.1, 0.15) is 17.8 Å². The van der Waals surface area contributed by atoms with Crippen LogP contribution in [0.3, 0.4) is 0 Å². The first-order valence-electron chi connectivity index (χ1n) is 14.9. The van der Waals surface area contributed by atoms with Gasteiger partial charge in [0, 0.05) is 90.2 Å². The fraction of sp³-hybridized carbons (Fsp3) is 0.900. The van der Waals surface area contributed by atoms with Crippen LogP contribution in [0.5, 0.6) is 0 Å². The van der Waals surface area contributed by atoms with Crippen LogP contribution in [-0.2, 0) is 42.8 Å². The van der Waals surface area contributed by atoms with Crippen LogP contribution in [0.1, 0.15) is 53.4 Å². The summed E-state index contributed by atoms with van der Waals surface area (Å²) in [5.74, 6) is -0.677. The Kier molecular flexibility index (Phi) is 6.84. The molecule has 10 nitrogen and oxygen atoms in total. The van der Waals surface area contributed by atoms with E-state index in [1.54, 1.807) is 21.3 Å². The van der Waals surface area contributed by atoms with Gasteiger partial charge in [0.2, 0.25) is 0 Å². The van der Waals surface area contributed by atoms with Gasteiger partial charge >= 0.3 is 17.9 Å². The lowest BCUT2D eigenvalue weighted by Gasteiger charge is -2.75. The highest BCUT2D eigenvalue weighted by molar-refractivity contribution is 5.68. The molecule has 0 aromatic carbocycles. The number of methoxy groups -OCH3 is 3. The molecular weight excluding hydrogens is 518 g/mol. The zero-order valence-corrected chi connectivity index (χ0v) is 24.8. The summed E-state index contributed by atoms with van der Waals surface area (Å²) in [5.41, 5.74) is -1.41. The Morgan fingerprint density at radius 3 is 2.23 bits per heavy atom. The minimum absolute atomic E-state index is 0.0263. The lowest BCUT2D eigenvalue weighted by atomic mass is 9.35. The molecule has 0 aromatic rings. The van der Waals surface area contributed by atoms with E-state index in [1.165, 1.54) is 20.8 Å². The van der Waals surface area contributed by atoms with Gasteiger partial charge in [-0.1, -0.05) is 6.92 Å². The monoisotopic (exact) mass is 563 g/mol. The molecule has 6 rings (SSSR count). The van der Waals surface area contributed by atoms with E-state index < -0.39 is 17.1 Å². The van der Waals surface area contributed by atoms with E-state index in [4.69, 9.17) is 28.4 Å². The van der Waals surface area contributed by atoms with E-state index in [9.17, 15) is 14.4 Å². The number of carbonyl (C=O) groups excluding carboxylic acids is 3. The van der Waals surface area contributed by atoms with Gasteiger partial charge in [-0.25, -0.2) is 0 Å². The van der Waals surface area contributed by atoms with Crippen LogP contribution >= 0.6 is 0 Å². The Bertz CT molecular complexity index is 1070. The molecule has 1 heterocycles. The molecule has 13 atom stereocenters. The highest BCUT2D eigenvalue weighted by Crippen LogP contribution is 2.81. The lowest BCUT2D eigenvalue weighted by Crippen LogP contribution is -2.81. The zero-order chi connectivity index (χ0) is 28.8. The van der Waals surface area contributed by atoms with Gasteiger partial charge in [-0.3, -0.25) is 19.3 Å². The third-order valence-electron chi connectivity index (χ3n) is 12.0. The van der Waals surface area contributed by atoms with Gasteiger partial charge in [-0.2, -0.15) is 0 Å². The van der Waals surface area contributed by atoms with Crippen molar-refractivity contribution < 1.29 is 42.8 Å². The van der Waals surface area contributed by atoms with Crippen molar-refractivity contribution in [2.75, 3.05) is 41.0 Å². The molecule has 0 radical (unpaired) electrons. The first kappa shape index (κ1) is 28.4. The van der Waals surface area contributed by atoms with Gasteiger partial charge in [0.15, 0.2) is 0 Å². The predicted octanol–water partition coefficient (Wildman–Crippen LogP) is 2.21. The Hall–Kier alpha value is -1.75. The third-order valence-corrected chi connectivity index (χ3v) is 12.0. The van der Waals surface area contributed by atoms with Crippen molar-refractivity contribution in [2.45, 2.75) is 89.4 Å². The molecule has 0 aromatic heterocycles. The van der Waals surface area contributed by atoms with Crippen LogP contribution in [0.25, 0.3) is 0 Å². The summed E-state index contributed by atoms with van der Waals surface area (Å²) in [6, 6.07) is 0.139. The highest BCUT2D eigenvalue weighted by Gasteiger charge is 2.87. The molecule has 6 fully saturated rings. The Morgan fingerprint density at radius 2 is 1.65 bits per heavy atom. The van der Waals surface area contributed by atoms with Crippen LogP contribution < -0.4 is 0 Å². The summed E-state index contributed by atoms with van der Waals surface area (Å²) in [6.45, 7) is 8.58. The van der Waals surface area contributed by atoms with Crippen LogP contribution in [0.15, 0.2) is 0 Å². The number of nitrogens with zero attached hydrogens (tertiary/aromatic N) is 1. The molecule has 1 spiro atoms. The summed E-state index contributed by atoms with van der Waals surface area (Å²) in [7, 11) is 5.13. The Morgan fingerprint density at radius 1 is 0.925 bits per heavy atom. The van der Waals surface area contributed by atoms with E-state index in [0.717, 1.165) is 32.4 Å². The number of likely N-dealkylation sites (tertiary alicyclic amines) is 1. The molecule has 5 saturated carbocycles. The molecule has 0 amide bonds. The predicted molar refractivity (Wildman–Crippen MR) is 141 cm³/mol. The van der Waals surface area contributed by atoms with Gasteiger partial charge in [-0.15, -0.1) is 0 Å².